The van der Waals surface area contributed by atoms with Crippen LogP contribution < -0.4 is 20.3 Å². The number of rotatable bonds is 6. The summed E-state index contributed by atoms with van der Waals surface area (Å²) in [6.45, 7) is 3.74. The number of amides is 3. The molecule has 0 saturated carbocycles. The van der Waals surface area contributed by atoms with Crippen LogP contribution in [-0.2, 0) is 16.1 Å². The van der Waals surface area contributed by atoms with Crippen LogP contribution in [-0.4, -0.2) is 36.9 Å². The Kier molecular flexibility index (Phi) is 6.39. The number of hydrogen-bond donors (Lipinski definition) is 2. The van der Waals surface area contributed by atoms with Gasteiger partial charge in [0.15, 0.2) is 6.61 Å². The van der Waals surface area contributed by atoms with E-state index >= 15 is 0 Å². The fourth-order valence-corrected chi connectivity index (χ4v) is 3.04. The molecule has 0 radical (unpaired) electrons. The number of ether oxygens (including phenoxy) is 1. The number of halogens is 1. The zero-order valence-corrected chi connectivity index (χ0v) is 17.0. The number of carbonyl (C=O) groups excluding carboxylic acids is 3. The van der Waals surface area contributed by atoms with E-state index in [2.05, 4.69) is 10.6 Å². The minimum atomic E-state index is -0.338. The van der Waals surface area contributed by atoms with E-state index in [1.54, 1.807) is 30.3 Å². The molecule has 0 aliphatic carbocycles. The molecule has 2 aromatic carbocycles. The third-order valence-corrected chi connectivity index (χ3v) is 4.53. The second kappa shape index (κ2) is 8.96. The highest BCUT2D eigenvalue weighted by Crippen LogP contribution is 2.32. The lowest BCUT2D eigenvalue weighted by atomic mass is 10.1. The molecule has 1 aliphatic heterocycles. The summed E-state index contributed by atoms with van der Waals surface area (Å²) in [7, 11) is 0. The van der Waals surface area contributed by atoms with Crippen LogP contribution in [0.1, 0.15) is 29.8 Å². The maximum absolute atomic E-state index is 12.6. The zero-order valence-electron chi connectivity index (χ0n) is 16.2. The van der Waals surface area contributed by atoms with Gasteiger partial charge in [0.05, 0.1) is 5.69 Å². The van der Waals surface area contributed by atoms with Gasteiger partial charge >= 0.3 is 0 Å². The average Bonchev–Trinajstić information content (AvgIpc) is 2.68. The smallest absolute Gasteiger partial charge is 0.265 e. The molecule has 152 valence electrons. The minimum Gasteiger partial charge on any atom is -0.482 e. The quantitative estimate of drug-likeness (QED) is 0.758. The molecule has 2 aromatic rings. The molecule has 3 rings (SSSR count). The molecule has 2 N–H and O–H groups in total. The van der Waals surface area contributed by atoms with Crippen molar-refractivity contribution in [2.75, 3.05) is 18.1 Å². The lowest BCUT2D eigenvalue weighted by Gasteiger charge is -2.29. The van der Waals surface area contributed by atoms with Gasteiger partial charge in [0.2, 0.25) is 5.91 Å². The van der Waals surface area contributed by atoms with Gasteiger partial charge in [-0.2, -0.15) is 0 Å². The van der Waals surface area contributed by atoms with Crippen molar-refractivity contribution in [3.05, 3.63) is 58.6 Å². The molecule has 0 unspecified atom stereocenters. The number of anilines is 1. The van der Waals surface area contributed by atoms with E-state index in [1.165, 1.54) is 4.90 Å². The van der Waals surface area contributed by atoms with Crippen LogP contribution in [0.5, 0.6) is 5.75 Å². The van der Waals surface area contributed by atoms with Crippen molar-refractivity contribution in [3.63, 3.8) is 0 Å². The SMILES string of the molecule is CC(C)NC(=O)CN1C(=O)COc2ccc(C(=O)NCc3ccc(Cl)cc3)cc21. The summed E-state index contributed by atoms with van der Waals surface area (Å²) in [5.41, 5.74) is 1.68. The van der Waals surface area contributed by atoms with Gasteiger partial charge in [0.1, 0.15) is 12.3 Å². The summed E-state index contributed by atoms with van der Waals surface area (Å²) < 4.78 is 5.44. The molecular formula is C21H22ClN3O4. The van der Waals surface area contributed by atoms with Crippen LogP contribution in [0.15, 0.2) is 42.5 Å². The van der Waals surface area contributed by atoms with Gasteiger partial charge in [0.25, 0.3) is 11.8 Å². The molecule has 7 nitrogen and oxygen atoms in total. The van der Waals surface area contributed by atoms with Gasteiger partial charge in [-0.1, -0.05) is 23.7 Å². The predicted molar refractivity (Wildman–Crippen MR) is 110 cm³/mol. The topological polar surface area (TPSA) is 87.7 Å². The molecule has 3 amide bonds. The summed E-state index contributed by atoms with van der Waals surface area (Å²) in [4.78, 5) is 38.4. The van der Waals surface area contributed by atoms with Gasteiger partial charge in [-0.05, 0) is 49.7 Å². The molecule has 0 bridgehead atoms. The first-order valence-corrected chi connectivity index (χ1v) is 9.60. The van der Waals surface area contributed by atoms with E-state index in [4.69, 9.17) is 16.3 Å². The number of fused-ring (bicyclic) bond motifs is 1. The fourth-order valence-electron chi connectivity index (χ4n) is 2.91. The second-order valence-electron chi connectivity index (χ2n) is 6.98. The molecule has 0 spiro atoms. The number of nitrogens with one attached hydrogen (secondary N) is 2. The fraction of sp³-hybridized carbons (Fsp3) is 0.286. The third-order valence-electron chi connectivity index (χ3n) is 4.28. The molecule has 29 heavy (non-hydrogen) atoms. The first-order chi connectivity index (χ1) is 13.8. The first kappa shape index (κ1) is 20.7. The maximum Gasteiger partial charge on any atom is 0.265 e. The van der Waals surface area contributed by atoms with Gasteiger partial charge in [0, 0.05) is 23.2 Å². The number of nitrogens with zero attached hydrogens (tertiary/aromatic N) is 1. The molecule has 1 heterocycles. The van der Waals surface area contributed by atoms with Crippen LogP contribution in [0.25, 0.3) is 0 Å². The van der Waals surface area contributed by atoms with Crippen molar-refractivity contribution in [1.82, 2.24) is 10.6 Å². The van der Waals surface area contributed by atoms with Gasteiger partial charge in [-0.25, -0.2) is 0 Å². The maximum atomic E-state index is 12.6. The van der Waals surface area contributed by atoms with Gasteiger partial charge in [-0.3, -0.25) is 19.3 Å². The predicted octanol–water partition coefficient (Wildman–Crippen LogP) is 2.52. The van der Waals surface area contributed by atoms with Crippen molar-refractivity contribution in [3.8, 4) is 5.75 Å². The van der Waals surface area contributed by atoms with E-state index < -0.39 is 0 Å². The van der Waals surface area contributed by atoms with Crippen molar-refractivity contribution < 1.29 is 19.1 Å². The molecule has 0 atom stereocenters. The molecular weight excluding hydrogens is 394 g/mol. The summed E-state index contributed by atoms with van der Waals surface area (Å²) in [6.07, 6.45) is 0. The van der Waals surface area contributed by atoms with Crippen LogP contribution in [0.4, 0.5) is 5.69 Å². The van der Waals surface area contributed by atoms with E-state index in [-0.39, 0.29) is 36.9 Å². The molecule has 1 aliphatic rings. The van der Waals surface area contributed by atoms with Crippen LogP contribution in [0.2, 0.25) is 5.02 Å². The average molecular weight is 416 g/mol. The Hall–Kier alpha value is -3.06. The highest BCUT2D eigenvalue weighted by molar-refractivity contribution is 6.30. The van der Waals surface area contributed by atoms with Crippen molar-refractivity contribution in [1.29, 1.82) is 0 Å². The van der Waals surface area contributed by atoms with Crippen LogP contribution in [0.3, 0.4) is 0 Å². The highest BCUT2D eigenvalue weighted by Gasteiger charge is 2.28. The first-order valence-electron chi connectivity index (χ1n) is 9.22. The van der Waals surface area contributed by atoms with Crippen molar-refractivity contribution in [2.24, 2.45) is 0 Å². The molecule has 0 fully saturated rings. The van der Waals surface area contributed by atoms with Crippen molar-refractivity contribution in [2.45, 2.75) is 26.4 Å². The Morgan fingerprint density at radius 2 is 1.90 bits per heavy atom. The Bertz CT molecular complexity index is 928. The van der Waals surface area contributed by atoms with E-state index in [0.717, 1.165) is 5.56 Å². The standard InChI is InChI=1S/C21H22ClN3O4/c1-13(2)24-19(26)11-25-17-9-15(5-8-18(17)29-12-20(25)27)21(28)23-10-14-3-6-16(22)7-4-14/h3-9,13H,10-12H2,1-2H3,(H,23,28)(H,24,26). The van der Waals surface area contributed by atoms with Gasteiger partial charge in [-0.15, -0.1) is 0 Å². The lowest BCUT2D eigenvalue weighted by molar-refractivity contribution is -0.125. The van der Waals surface area contributed by atoms with Gasteiger partial charge < -0.3 is 15.4 Å². The molecule has 0 aromatic heterocycles. The Morgan fingerprint density at radius 3 is 2.59 bits per heavy atom. The summed E-state index contributed by atoms with van der Waals surface area (Å²) in [5.74, 6) is -0.461. The Morgan fingerprint density at radius 1 is 1.17 bits per heavy atom. The largest absolute Gasteiger partial charge is 0.482 e. The summed E-state index contributed by atoms with van der Waals surface area (Å²) in [5, 5.41) is 6.21. The molecule has 8 heteroatoms. The van der Waals surface area contributed by atoms with E-state index in [1.807, 2.05) is 26.0 Å². The third kappa shape index (κ3) is 5.26. The zero-order chi connectivity index (χ0) is 21.0. The van der Waals surface area contributed by atoms with E-state index in [9.17, 15) is 14.4 Å². The van der Waals surface area contributed by atoms with Crippen LogP contribution >= 0.6 is 11.6 Å². The number of hydrogen-bond acceptors (Lipinski definition) is 4. The Labute approximate surface area is 174 Å². The van der Waals surface area contributed by atoms with E-state index in [0.29, 0.717) is 28.6 Å². The number of carbonyl (C=O) groups is 3. The number of benzene rings is 2. The normalized spacial score (nSPS) is 13.0. The lowest BCUT2D eigenvalue weighted by Crippen LogP contribution is -2.46. The van der Waals surface area contributed by atoms with Crippen molar-refractivity contribution >= 4 is 35.0 Å². The highest BCUT2D eigenvalue weighted by atomic mass is 35.5. The Balaban J connectivity index is 1.75. The molecule has 0 saturated heterocycles. The minimum absolute atomic E-state index is 0.0388. The van der Waals surface area contributed by atoms with Crippen LogP contribution in [0, 0.1) is 0 Å². The summed E-state index contributed by atoms with van der Waals surface area (Å²) in [6, 6.07) is 11.9. The second-order valence-corrected chi connectivity index (χ2v) is 7.42. The monoisotopic (exact) mass is 415 g/mol. The summed E-state index contributed by atoms with van der Waals surface area (Å²) >= 11 is 5.87.